The highest BCUT2D eigenvalue weighted by Gasteiger charge is 2.22. The minimum Gasteiger partial charge on any atom is -0.477 e. The molecule has 0 aromatic carbocycles. The van der Waals surface area contributed by atoms with E-state index in [1.165, 1.54) is 17.7 Å². The number of amides is 1. The van der Waals surface area contributed by atoms with E-state index in [9.17, 15) is 9.59 Å². The van der Waals surface area contributed by atoms with Gasteiger partial charge in [-0.2, -0.15) is 0 Å². The van der Waals surface area contributed by atoms with E-state index in [1.807, 2.05) is 12.3 Å². The van der Waals surface area contributed by atoms with Crippen molar-refractivity contribution < 1.29 is 14.7 Å². The summed E-state index contributed by atoms with van der Waals surface area (Å²) in [4.78, 5) is 33.2. The lowest BCUT2D eigenvalue weighted by molar-refractivity contribution is 0.0684. The number of aromatic nitrogens is 3. The quantitative estimate of drug-likeness (QED) is 0.783. The van der Waals surface area contributed by atoms with Gasteiger partial charge in [-0.15, -0.1) is 11.3 Å². The van der Waals surface area contributed by atoms with Crippen LogP contribution in [0.15, 0.2) is 11.7 Å². The molecule has 2 heterocycles. The first kappa shape index (κ1) is 13.2. The Bertz CT molecular complexity index is 619. The van der Waals surface area contributed by atoms with E-state index in [0.29, 0.717) is 0 Å². The van der Waals surface area contributed by atoms with Crippen molar-refractivity contribution in [1.82, 2.24) is 20.3 Å². The second-order valence-corrected chi connectivity index (χ2v) is 4.84. The molecule has 3 N–H and O–H groups in total. The summed E-state index contributed by atoms with van der Waals surface area (Å²) in [6.07, 6.45) is 1.18. The highest BCUT2D eigenvalue weighted by atomic mass is 32.1. The summed E-state index contributed by atoms with van der Waals surface area (Å²) < 4.78 is 0. The SMILES string of the molecule is Cc1csc(C(C)NC(=O)c2nc[nH]c2C(=O)O)n1. The molecular formula is C11H12N4O3S. The summed E-state index contributed by atoms with van der Waals surface area (Å²) in [6, 6.07) is -0.301. The molecule has 0 radical (unpaired) electrons. The maximum atomic E-state index is 11.9. The monoisotopic (exact) mass is 280 g/mol. The van der Waals surface area contributed by atoms with Crippen LogP contribution in [0.3, 0.4) is 0 Å². The van der Waals surface area contributed by atoms with Gasteiger partial charge < -0.3 is 15.4 Å². The molecule has 2 aromatic rings. The molecule has 0 aliphatic rings. The molecule has 1 unspecified atom stereocenters. The summed E-state index contributed by atoms with van der Waals surface area (Å²) in [5.74, 6) is -1.76. The number of H-pyrrole nitrogens is 1. The Balaban J connectivity index is 2.13. The van der Waals surface area contributed by atoms with Crippen molar-refractivity contribution in [3.8, 4) is 0 Å². The fourth-order valence-corrected chi connectivity index (χ4v) is 2.33. The van der Waals surface area contributed by atoms with Crippen LogP contribution in [0.25, 0.3) is 0 Å². The zero-order valence-electron chi connectivity index (χ0n) is 10.3. The lowest BCUT2D eigenvalue weighted by atomic mass is 10.2. The summed E-state index contributed by atoms with van der Waals surface area (Å²) in [7, 11) is 0. The van der Waals surface area contributed by atoms with Gasteiger partial charge in [-0.05, 0) is 13.8 Å². The zero-order chi connectivity index (χ0) is 14.0. The van der Waals surface area contributed by atoms with Gasteiger partial charge in [-0.25, -0.2) is 14.8 Å². The lowest BCUT2D eigenvalue weighted by Gasteiger charge is -2.10. The van der Waals surface area contributed by atoms with Crippen LogP contribution in [0.2, 0.25) is 0 Å². The number of nitrogens with one attached hydrogen (secondary N) is 2. The van der Waals surface area contributed by atoms with Crippen LogP contribution in [0.5, 0.6) is 0 Å². The highest BCUT2D eigenvalue weighted by Crippen LogP contribution is 2.18. The van der Waals surface area contributed by atoms with E-state index in [4.69, 9.17) is 5.11 Å². The van der Waals surface area contributed by atoms with Gasteiger partial charge in [0.1, 0.15) is 5.01 Å². The number of carboxylic acids is 1. The van der Waals surface area contributed by atoms with Crippen LogP contribution in [-0.4, -0.2) is 31.9 Å². The average molecular weight is 280 g/mol. The maximum Gasteiger partial charge on any atom is 0.354 e. The fraction of sp³-hybridized carbons (Fsp3) is 0.273. The molecular weight excluding hydrogens is 268 g/mol. The Morgan fingerprint density at radius 2 is 2.26 bits per heavy atom. The molecule has 7 nitrogen and oxygen atoms in total. The number of aromatic amines is 1. The summed E-state index contributed by atoms with van der Waals surface area (Å²) in [6.45, 7) is 3.65. The van der Waals surface area contributed by atoms with Crippen LogP contribution in [-0.2, 0) is 0 Å². The molecule has 100 valence electrons. The predicted octanol–water partition coefficient (Wildman–Crippen LogP) is 1.36. The fourth-order valence-electron chi connectivity index (χ4n) is 1.53. The van der Waals surface area contributed by atoms with Crippen molar-refractivity contribution in [2.75, 3.05) is 0 Å². The van der Waals surface area contributed by atoms with Crippen LogP contribution in [0.4, 0.5) is 0 Å². The molecule has 0 saturated carbocycles. The molecule has 2 rings (SSSR count). The van der Waals surface area contributed by atoms with Crippen LogP contribution < -0.4 is 5.32 Å². The van der Waals surface area contributed by atoms with E-state index in [2.05, 4.69) is 20.3 Å². The van der Waals surface area contributed by atoms with Crippen molar-refractivity contribution in [1.29, 1.82) is 0 Å². The number of imidazole rings is 1. The minimum atomic E-state index is -1.22. The van der Waals surface area contributed by atoms with E-state index in [-0.39, 0.29) is 17.4 Å². The zero-order valence-corrected chi connectivity index (χ0v) is 11.1. The maximum absolute atomic E-state index is 11.9. The van der Waals surface area contributed by atoms with Crippen molar-refractivity contribution >= 4 is 23.2 Å². The van der Waals surface area contributed by atoms with E-state index in [1.54, 1.807) is 6.92 Å². The number of nitrogens with zero attached hydrogens (tertiary/aromatic N) is 2. The largest absolute Gasteiger partial charge is 0.477 e. The van der Waals surface area contributed by atoms with Gasteiger partial charge in [0.25, 0.3) is 5.91 Å². The molecule has 0 fully saturated rings. The molecule has 8 heteroatoms. The summed E-state index contributed by atoms with van der Waals surface area (Å²) >= 11 is 1.44. The van der Waals surface area contributed by atoms with Crippen molar-refractivity contribution in [3.05, 3.63) is 33.8 Å². The van der Waals surface area contributed by atoms with Crippen molar-refractivity contribution in [2.45, 2.75) is 19.9 Å². The Kier molecular flexibility index (Phi) is 3.61. The van der Waals surface area contributed by atoms with Gasteiger partial charge in [-0.1, -0.05) is 0 Å². The molecule has 0 bridgehead atoms. The number of carboxylic acid groups (broad SMARTS) is 1. The van der Waals surface area contributed by atoms with Gasteiger partial charge in [0.2, 0.25) is 0 Å². The number of aryl methyl sites for hydroxylation is 1. The van der Waals surface area contributed by atoms with Gasteiger partial charge in [0, 0.05) is 11.1 Å². The second kappa shape index (κ2) is 5.19. The normalized spacial score (nSPS) is 12.1. The minimum absolute atomic E-state index is 0.132. The average Bonchev–Trinajstić information content (AvgIpc) is 2.96. The predicted molar refractivity (Wildman–Crippen MR) is 68.3 cm³/mol. The molecule has 0 spiro atoms. The topological polar surface area (TPSA) is 108 Å². The standard InChI is InChI=1S/C11H12N4O3S/c1-5-3-19-10(14-5)6(2)15-9(16)7-8(11(17)18)13-4-12-7/h3-4,6H,1-2H3,(H,12,13)(H,15,16)(H,17,18). The van der Waals surface area contributed by atoms with E-state index < -0.39 is 11.9 Å². The van der Waals surface area contributed by atoms with Crippen LogP contribution >= 0.6 is 11.3 Å². The Morgan fingerprint density at radius 3 is 2.84 bits per heavy atom. The van der Waals surface area contributed by atoms with Crippen LogP contribution in [0.1, 0.15) is 44.6 Å². The number of thiazole rings is 1. The molecule has 1 amide bonds. The van der Waals surface area contributed by atoms with Crippen LogP contribution in [0, 0.1) is 6.92 Å². The third kappa shape index (κ3) is 2.79. The Hall–Kier alpha value is -2.22. The first-order valence-electron chi connectivity index (χ1n) is 5.48. The number of carbonyl (C=O) groups excluding carboxylic acids is 1. The molecule has 2 aromatic heterocycles. The van der Waals surface area contributed by atoms with Crippen molar-refractivity contribution in [3.63, 3.8) is 0 Å². The van der Waals surface area contributed by atoms with Crippen molar-refractivity contribution in [2.24, 2.45) is 0 Å². The van der Waals surface area contributed by atoms with Gasteiger partial charge >= 0.3 is 5.97 Å². The first-order valence-corrected chi connectivity index (χ1v) is 6.36. The molecule has 1 atom stereocenters. The second-order valence-electron chi connectivity index (χ2n) is 3.95. The smallest absolute Gasteiger partial charge is 0.354 e. The lowest BCUT2D eigenvalue weighted by Crippen LogP contribution is -2.28. The molecule has 0 aliphatic heterocycles. The number of carbonyl (C=O) groups is 2. The van der Waals surface area contributed by atoms with Gasteiger partial charge in [-0.3, -0.25) is 4.79 Å². The van der Waals surface area contributed by atoms with Gasteiger partial charge in [0.15, 0.2) is 11.4 Å². The highest BCUT2D eigenvalue weighted by molar-refractivity contribution is 7.09. The Labute approximate surface area is 112 Å². The number of hydrogen-bond donors (Lipinski definition) is 3. The third-order valence-corrected chi connectivity index (χ3v) is 3.57. The summed E-state index contributed by atoms with van der Waals surface area (Å²) in [5, 5.41) is 14.2. The molecule has 0 saturated heterocycles. The summed E-state index contributed by atoms with van der Waals surface area (Å²) in [5.41, 5.74) is 0.528. The van der Waals surface area contributed by atoms with Gasteiger partial charge in [0.05, 0.1) is 12.4 Å². The Morgan fingerprint density at radius 1 is 1.53 bits per heavy atom. The first-order chi connectivity index (χ1) is 8.99. The third-order valence-electron chi connectivity index (χ3n) is 2.42. The number of rotatable bonds is 4. The van der Waals surface area contributed by atoms with E-state index >= 15 is 0 Å². The number of hydrogen-bond acceptors (Lipinski definition) is 5. The molecule has 19 heavy (non-hydrogen) atoms. The number of aromatic carboxylic acids is 1. The molecule has 0 aliphatic carbocycles. The van der Waals surface area contributed by atoms with E-state index in [0.717, 1.165) is 10.7 Å².